The molecule has 1 aromatic heterocycles. The monoisotopic (exact) mass is 249 g/mol. The predicted octanol–water partition coefficient (Wildman–Crippen LogP) is 1.34. The number of carboxylic acids is 1. The Balaban J connectivity index is 2.74. The summed E-state index contributed by atoms with van der Waals surface area (Å²) < 4.78 is 31.3. The van der Waals surface area contributed by atoms with E-state index in [-0.39, 0.29) is 13.2 Å². The summed E-state index contributed by atoms with van der Waals surface area (Å²) in [6.07, 6.45) is -2.11. The molecule has 0 unspecified atom stereocenters. The number of hydrogen-bond acceptors (Lipinski definition) is 4. The fourth-order valence-corrected chi connectivity index (χ4v) is 1.25. The molecule has 0 radical (unpaired) electrons. The number of carboxylic acid groups (broad SMARTS) is 1. The Hall–Kier alpha value is -1.57. The number of hydrogen-bond donors (Lipinski definition) is 1. The van der Waals surface area contributed by atoms with Crippen LogP contribution in [0, 0.1) is 0 Å². The Morgan fingerprint density at radius 1 is 1.53 bits per heavy atom. The first kappa shape index (κ1) is 13.5. The highest BCUT2D eigenvalue weighted by Gasteiger charge is 2.25. The number of aromatic nitrogens is 3. The number of halogens is 2. The van der Waals surface area contributed by atoms with E-state index >= 15 is 0 Å². The summed E-state index contributed by atoms with van der Waals surface area (Å²) in [4.78, 5) is 10.6. The van der Waals surface area contributed by atoms with Crippen LogP contribution in [0.25, 0.3) is 0 Å². The molecule has 0 atom stereocenters. The maximum absolute atomic E-state index is 12.7. The van der Waals surface area contributed by atoms with Crippen LogP contribution >= 0.6 is 0 Å². The fourth-order valence-electron chi connectivity index (χ4n) is 1.25. The first-order chi connectivity index (χ1) is 8.07. The second-order valence-corrected chi connectivity index (χ2v) is 3.26. The van der Waals surface area contributed by atoms with Crippen LogP contribution in [0.5, 0.6) is 0 Å². The molecule has 0 fully saturated rings. The second-order valence-electron chi connectivity index (χ2n) is 3.26. The van der Waals surface area contributed by atoms with Gasteiger partial charge in [0.2, 0.25) is 0 Å². The molecular weight excluding hydrogens is 236 g/mol. The molecule has 0 amide bonds. The molecule has 96 valence electrons. The van der Waals surface area contributed by atoms with Crippen molar-refractivity contribution in [2.24, 2.45) is 0 Å². The Morgan fingerprint density at radius 3 is 2.76 bits per heavy atom. The van der Waals surface area contributed by atoms with Crippen LogP contribution in [0.3, 0.4) is 0 Å². The zero-order chi connectivity index (χ0) is 12.8. The number of nitrogens with zero attached hydrogens (tertiary/aromatic N) is 3. The summed E-state index contributed by atoms with van der Waals surface area (Å²) in [5, 5.41) is 15.3. The third-order valence-corrected chi connectivity index (χ3v) is 1.98. The largest absolute Gasteiger partial charge is 0.476 e. The minimum absolute atomic E-state index is 0.0555. The summed E-state index contributed by atoms with van der Waals surface area (Å²) in [6.45, 7) is 2.68. The van der Waals surface area contributed by atoms with Gasteiger partial charge in [0.15, 0.2) is 5.69 Å². The first-order valence-corrected chi connectivity index (χ1v) is 5.10. The van der Waals surface area contributed by atoms with E-state index < -0.39 is 23.8 Å². The molecule has 0 saturated carbocycles. The maximum atomic E-state index is 12.7. The van der Waals surface area contributed by atoms with E-state index in [1.807, 2.05) is 6.92 Å². The van der Waals surface area contributed by atoms with Crippen LogP contribution in [0.2, 0.25) is 0 Å². The Labute approximate surface area is 96.2 Å². The predicted molar refractivity (Wildman–Crippen MR) is 53.0 cm³/mol. The molecule has 0 spiro atoms. The summed E-state index contributed by atoms with van der Waals surface area (Å²) in [5.41, 5.74) is -1.40. The standard InChI is InChI=1S/C9H13F2N3O3/c1-2-4-17-5-3-14-7(8(10)11)6(9(15)16)12-13-14/h8H,2-5H2,1H3,(H,15,16). The molecule has 6 nitrogen and oxygen atoms in total. The number of alkyl halides is 2. The maximum Gasteiger partial charge on any atom is 0.358 e. The van der Waals surface area contributed by atoms with E-state index in [1.165, 1.54) is 0 Å². The van der Waals surface area contributed by atoms with Gasteiger partial charge in [0.05, 0.1) is 13.2 Å². The van der Waals surface area contributed by atoms with Gasteiger partial charge >= 0.3 is 5.97 Å². The van der Waals surface area contributed by atoms with Gasteiger partial charge in [0.1, 0.15) is 5.69 Å². The highest BCUT2D eigenvalue weighted by molar-refractivity contribution is 5.86. The van der Waals surface area contributed by atoms with Gasteiger partial charge in [-0.3, -0.25) is 0 Å². The van der Waals surface area contributed by atoms with Crippen LogP contribution in [0.4, 0.5) is 8.78 Å². The molecule has 0 aliphatic carbocycles. The van der Waals surface area contributed by atoms with Crippen molar-refractivity contribution in [3.05, 3.63) is 11.4 Å². The number of carbonyl (C=O) groups is 1. The van der Waals surface area contributed by atoms with Gasteiger partial charge in [0, 0.05) is 6.61 Å². The molecular formula is C9H13F2N3O3. The average molecular weight is 249 g/mol. The molecule has 17 heavy (non-hydrogen) atoms. The van der Waals surface area contributed by atoms with E-state index in [4.69, 9.17) is 9.84 Å². The zero-order valence-electron chi connectivity index (χ0n) is 9.27. The minimum Gasteiger partial charge on any atom is -0.476 e. The minimum atomic E-state index is -2.93. The molecule has 0 aromatic carbocycles. The number of rotatable bonds is 7. The van der Waals surface area contributed by atoms with Crippen LogP contribution in [-0.4, -0.2) is 39.3 Å². The van der Waals surface area contributed by atoms with E-state index in [1.54, 1.807) is 0 Å². The molecule has 0 saturated heterocycles. The third kappa shape index (κ3) is 3.45. The van der Waals surface area contributed by atoms with E-state index in [9.17, 15) is 13.6 Å². The summed E-state index contributed by atoms with van der Waals surface area (Å²) in [5.74, 6) is -1.51. The quantitative estimate of drug-likeness (QED) is 0.738. The molecule has 0 aliphatic heterocycles. The fraction of sp³-hybridized carbons (Fsp3) is 0.667. The normalized spacial score (nSPS) is 11.1. The highest BCUT2D eigenvalue weighted by atomic mass is 19.3. The summed E-state index contributed by atoms with van der Waals surface area (Å²) >= 11 is 0. The summed E-state index contributed by atoms with van der Waals surface area (Å²) in [6, 6.07) is 0. The Kier molecular flexibility index (Phi) is 4.95. The lowest BCUT2D eigenvalue weighted by molar-refractivity contribution is 0.0673. The SMILES string of the molecule is CCCOCCn1nnc(C(=O)O)c1C(F)F. The molecule has 0 bridgehead atoms. The van der Waals surface area contributed by atoms with Crippen molar-refractivity contribution in [1.82, 2.24) is 15.0 Å². The molecule has 0 aliphatic rings. The van der Waals surface area contributed by atoms with Gasteiger partial charge in [-0.15, -0.1) is 5.10 Å². The van der Waals surface area contributed by atoms with Gasteiger partial charge in [-0.1, -0.05) is 12.1 Å². The van der Waals surface area contributed by atoms with Crippen LogP contribution in [-0.2, 0) is 11.3 Å². The smallest absolute Gasteiger partial charge is 0.358 e. The van der Waals surface area contributed by atoms with Gasteiger partial charge in [-0.25, -0.2) is 18.3 Å². The Morgan fingerprint density at radius 2 is 2.24 bits per heavy atom. The van der Waals surface area contributed by atoms with Crippen LogP contribution in [0.1, 0.15) is 36.0 Å². The summed E-state index contributed by atoms with van der Waals surface area (Å²) in [7, 11) is 0. The molecule has 8 heteroatoms. The van der Waals surface area contributed by atoms with Crippen LogP contribution < -0.4 is 0 Å². The highest BCUT2D eigenvalue weighted by Crippen LogP contribution is 2.21. The van der Waals surface area contributed by atoms with Crippen molar-refractivity contribution in [3.63, 3.8) is 0 Å². The zero-order valence-corrected chi connectivity index (χ0v) is 9.27. The topological polar surface area (TPSA) is 77.2 Å². The van der Waals surface area contributed by atoms with Crippen molar-refractivity contribution in [1.29, 1.82) is 0 Å². The van der Waals surface area contributed by atoms with E-state index in [0.29, 0.717) is 6.61 Å². The number of aromatic carboxylic acids is 1. The number of ether oxygens (including phenoxy) is 1. The van der Waals surface area contributed by atoms with Crippen molar-refractivity contribution < 1.29 is 23.4 Å². The first-order valence-electron chi connectivity index (χ1n) is 5.10. The third-order valence-electron chi connectivity index (χ3n) is 1.98. The van der Waals surface area contributed by atoms with Gasteiger partial charge in [-0.2, -0.15) is 0 Å². The molecule has 1 heterocycles. The van der Waals surface area contributed by atoms with Crippen molar-refractivity contribution >= 4 is 5.97 Å². The lowest BCUT2D eigenvalue weighted by Crippen LogP contribution is -2.13. The van der Waals surface area contributed by atoms with Crippen molar-refractivity contribution in [2.75, 3.05) is 13.2 Å². The van der Waals surface area contributed by atoms with Gasteiger partial charge in [0.25, 0.3) is 6.43 Å². The van der Waals surface area contributed by atoms with Gasteiger partial charge in [-0.05, 0) is 6.42 Å². The molecule has 1 N–H and O–H groups in total. The van der Waals surface area contributed by atoms with Gasteiger partial charge < -0.3 is 9.84 Å². The Bertz CT molecular complexity index is 382. The van der Waals surface area contributed by atoms with Crippen molar-refractivity contribution in [2.45, 2.75) is 26.3 Å². The average Bonchev–Trinajstić information content (AvgIpc) is 2.68. The van der Waals surface area contributed by atoms with E-state index in [0.717, 1.165) is 11.1 Å². The van der Waals surface area contributed by atoms with E-state index in [2.05, 4.69) is 10.3 Å². The molecule has 1 aromatic rings. The molecule has 1 rings (SSSR count). The van der Waals surface area contributed by atoms with Crippen LogP contribution in [0.15, 0.2) is 0 Å². The lowest BCUT2D eigenvalue weighted by atomic mass is 10.3. The lowest BCUT2D eigenvalue weighted by Gasteiger charge is -2.06. The second kappa shape index (κ2) is 6.24. The van der Waals surface area contributed by atoms with Crippen molar-refractivity contribution in [3.8, 4) is 0 Å².